The van der Waals surface area contributed by atoms with Crippen molar-refractivity contribution in [2.24, 2.45) is 11.8 Å². The molecule has 1 aromatic carbocycles. The maximum atomic E-state index is 2.48. The van der Waals surface area contributed by atoms with Gasteiger partial charge in [0.15, 0.2) is 0 Å². The zero-order chi connectivity index (χ0) is 11.0. The molecule has 0 aromatic heterocycles. The van der Waals surface area contributed by atoms with Gasteiger partial charge in [-0.15, -0.1) is 0 Å². The van der Waals surface area contributed by atoms with Crippen LogP contribution in [0.2, 0.25) is 0 Å². The maximum Gasteiger partial charge on any atom is -0.0159 e. The van der Waals surface area contributed by atoms with E-state index in [0.717, 1.165) is 11.8 Å². The van der Waals surface area contributed by atoms with Gasteiger partial charge in [-0.1, -0.05) is 49.3 Å². The number of allylic oxidation sites excluding steroid dienone is 1. The lowest BCUT2D eigenvalue weighted by atomic mass is 9.71. The summed E-state index contributed by atoms with van der Waals surface area (Å²) in [6.07, 6.45) is 9.34. The van der Waals surface area contributed by atoms with E-state index in [4.69, 9.17) is 0 Å². The topological polar surface area (TPSA) is 0 Å². The Labute approximate surface area is 98.4 Å². The van der Waals surface area contributed by atoms with Crippen molar-refractivity contribution >= 4 is 6.08 Å². The fraction of sp³-hybridized carbons (Fsp3) is 0.500. The predicted octanol–water partition coefficient (Wildman–Crippen LogP) is 4.45. The highest BCUT2D eigenvalue weighted by molar-refractivity contribution is 5.60. The van der Waals surface area contributed by atoms with Gasteiger partial charge in [0.1, 0.15) is 0 Å². The van der Waals surface area contributed by atoms with Gasteiger partial charge in [0.2, 0.25) is 0 Å². The Morgan fingerprint density at radius 2 is 2.00 bits per heavy atom. The zero-order valence-electron chi connectivity index (χ0n) is 10.1. The fourth-order valence-corrected chi connectivity index (χ4v) is 3.31. The van der Waals surface area contributed by atoms with Crippen LogP contribution in [0.3, 0.4) is 0 Å². The first-order valence-electron chi connectivity index (χ1n) is 6.65. The average molecular weight is 212 g/mol. The molecular weight excluding hydrogens is 192 g/mol. The first-order chi connectivity index (χ1) is 7.86. The Morgan fingerprint density at radius 3 is 2.88 bits per heavy atom. The molecule has 2 aliphatic carbocycles. The van der Waals surface area contributed by atoms with Crippen LogP contribution in [0.25, 0.3) is 6.08 Å². The van der Waals surface area contributed by atoms with E-state index in [0.29, 0.717) is 0 Å². The van der Waals surface area contributed by atoms with E-state index < -0.39 is 0 Å². The number of hydrogen-bond acceptors (Lipinski definition) is 0. The number of hydrogen-bond donors (Lipinski definition) is 0. The first-order valence-corrected chi connectivity index (χ1v) is 6.65. The second kappa shape index (κ2) is 4.08. The molecule has 0 radical (unpaired) electrons. The molecule has 0 spiro atoms. The van der Waals surface area contributed by atoms with Crippen LogP contribution in [0.15, 0.2) is 29.8 Å². The molecule has 84 valence electrons. The number of benzene rings is 1. The van der Waals surface area contributed by atoms with Crippen molar-refractivity contribution in [2.75, 3.05) is 0 Å². The second-order valence-corrected chi connectivity index (χ2v) is 5.37. The third-order valence-electron chi connectivity index (χ3n) is 4.41. The summed E-state index contributed by atoms with van der Waals surface area (Å²) in [5, 5.41) is 0. The normalized spacial score (nSPS) is 27.9. The zero-order valence-corrected chi connectivity index (χ0v) is 10.1. The van der Waals surface area contributed by atoms with Crippen molar-refractivity contribution in [3.63, 3.8) is 0 Å². The standard InChI is InChI=1S/C16H20/c1-2-12-7-8-15-10-13-5-3-4-6-14(13)11-16(15)9-12/h3-6,11-12,15H,2,7-10H2,1H3. The molecule has 1 aromatic rings. The molecule has 2 aliphatic rings. The van der Waals surface area contributed by atoms with Crippen LogP contribution >= 0.6 is 0 Å². The van der Waals surface area contributed by atoms with Gasteiger partial charge in [-0.05, 0) is 48.6 Å². The molecule has 3 rings (SSSR count). The van der Waals surface area contributed by atoms with Gasteiger partial charge in [-0.25, -0.2) is 0 Å². The Hall–Kier alpha value is -1.04. The Bertz CT molecular complexity index is 414. The van der Waals surface area contributed by atoms with Crippen molar-refractivity contribution in [2.45, 2.75) is 39.0 Å². The molecule has 0 nitrogen and oxygen atoms in total. The van der Waals surface area contributed by atoms with Crippen molar-refractivity contribution in [3.05, 3.63) is 41.0 Å². The third kappa shape index (κ3) is 1.71. The van der Waals surface area contributed by atoms with E-state index in [1.807, 2.05) is 0 Å². The van der Waals surface area contributed by atoms with E-state index in [9.17, 15) is 0 Å². The van der Waals surface area contributed by atoms with Crippen LogP contribution in [-0.4, -0.2) is 0 Å². The first kappa shape index (κ1) is 10.1. The molecule has 2 atom stereocenters. The van der Waals surface area contributed by atoms with Crippen molar-refractivity contribution in [1.29, 1.82) is 0 Å². The van der Waals surface area contributed by atoms with E-state index in [-0.39, 0.29) is 0 Å². The van der Waals surface area contributed by atoms with Gasteiger partial charge in [-0.2, -0.15) is 0 Å². The maximum absolute atomic E-state index is 2.48. The van der Waals surface area contributed by atoms with Crippen LogP contribution in [0.1, 0.15) is 43.7 Å². The summed E-state index contributed by atoms with van der Waals surface area (Å²) < 4.78 is 0. The summed E-state index contributed by atoms with van der Waals surface area (Å²) in [4.78, 5) is 0. The molecule has 0 heterocycles. The molecule has 0 N–H and O–H groups in total. The molecular formula is C16H20. The molecule has 0 bridgehead atoms. The van der Waals surface area contributed by atoms with Crippen molar-refractivity contribution < 1.29 is 0 Å². The summed E-state index contributed by atoms with van der Waals surface area (Å²) in [6, 6.07) is 8.91. The Balaban J connectivity index is 1.92. The largest absolute Gasteiger partial charge is 0.0659 e. The highest BCUT2D eigenvalue weighted by Gasteiger charge is 2.27. The fourth-order valence-electron chi connectivity index (χ4n) is 3.31. The minimum absolute atomic E-state index is 0.859. The molecule has 1 saturated carbocycles. The van der Waals surface area contributed by atoms with Crippen LogP contribution in [0.5, 0.6) is 0 Å². The molecule has 0 amide bonds. The molecule has 2 unspecified atom stereocenters. The van der Waals surface area contributed by atoms with E-state index in [2.05, 4.69) is 37.3 Å². The van der Waals surface area contributed by atoms with Crippen LogP contribution in [-0.2, 0) is 6.42 Å². The highest BCUT2D eigenvalue weighted by atomic mass is 14.3. The average Bonchev–Trinajstić information content (AvgIpc) is 2.35. The van der Waals surface area contributed by atoms with Gasteiger partial charge >= 0.3 is 0 Å². The Morgan fingerprint density at radius 1 is 1.12 bits per heavy atom. The molecule has 16 heavy (non-hydrogen) atoms. The smallest absolute Gasteiger partial charge is 0.0159 e. The van der Waals surface area contributed by atoms with Crippen LogP contribution < -0.4 is 0 Å². The monoisotopic (exact) mass is 212 g/mol. The van der Waals surface area contributed by atoms with Gasteiger partial charge in [0, 0.05) is 0 Å². The third-order valence-corrected chi connectivity index (χ3v) is 4.41. The van der Waals surface area contributed by atoms with Gasteiger partial charge < -0.3 is 0 Å². The second-order valence-electron chi connectivity index (χ2n) is 5.37. The Kier molecular flexibility index (Phi) is 2.59. The van der Waals surface area contributed by atoms with Crippen molar-refractivity contribution in [1.82, 2.24) is 0 Å². The van der Waals surface area contributed by atoms with E-state index in [1.165, 1.54) is 37.7 Å². The van der Waals surface area contributed by atoms with Crippen molar-refractivity contribution in [3.8, 4) is 0 Å². The summed E-state index contributed by atoms with van der Waals surface area (Å²) in [5.41, 5.74) is 4.77. The van der Waals surface area contributed by atoms with Gasteiger partial charge in [0.05, 0.1) is 0 Å². The summed E-state index contributed by atoms with van der Waals surface area (Å²) in [7, 11) is 0. The predicted molar refractivity (Wildman–Crippen MR) is 69.2 cm³/mol. The summed E-state index contributed by atoms with van der Waals surface area (Å²) in [6.45, 7) is 2.34. The summed E-state index contributed by atoms with van der Waals surface area (Å²) in [5.74, 6) is 1.81. The van der Waals surface area contributed by atoms with E-state index >= 15 is 0 Å². The number of rotatable bonds is 1. The lowest BCUT2D eigenvalue weighted by Crippen LogP contribution is -2.21. The molecule has 0 saturated heterocycles. The molecule has 0 heteroatoms. The lowest BCUT2D eigenvalue weighted by molar-refractivity contribution is 0.340. The highest BCUT2D eigenvalue weighted by Crippen LogP contribution is 2.41. The molecule has 1 fully saturated rings. The van der Waals surface area contributed by atoms with Gasteiger partial charge in [-0.3, -0.25) is 0 Å². The summed E-state index contributed by atoms with van der Waals surface area (Å²) >= 11 is 0. The van der Waals surface area contributed by atoms with E-state index in [1.54, 1.807) is 11.1 Å². The lowest BCUT2D eigenvalue weighted by Gasteiger charge is -2.34. The SMILES string of the molecule is CCC1CCC2Cc3ccccc3C=C2C1. The number of fused-ring (bicyclic) bond motifs is 2. The van der Waals surface area contributed by atoms with Gasteiger partial charge in [0.25, 0.3) is 0 Å². The minimum atomic E-state index is 0.859. The molecule has 0 aliphatic heterocycles. The van der Waals surface area contributed by atoms with Crippen LogP contribution in [0, 0.1) is 11.8 Å². The minimum Gasteiger partial charge on any atom is -0.0659 e. The quantitative estimate of drug-likeness (QED) is 0.645. The van der Waals surface area contributed by atoms with Crippen LogP contribution in [0.4, 0.5) is 0 Å².